The van der Waals surface area contributed by atoms with Crippen molar-refractivity contribution in [3.8, 4) is 5.75 Å². The minimum Gasteiger partial charge on any atom is -0.497 e. The zero-order chi connectivity index (χ0) is 15.6. The molecule has 0 saturated carbocycles. The van der Waals surface area contributed by atoms with Crippen LogP contribution in [0, 0.1) is 0 Å². The Morgan fingerprint density at radius 1 is 1.17 bits per heavy atom. The molecule has 0 amide bonds. The minimum atomic E-state index is 0.713. The summed E-state index contributed by atoms with van der Waals surface area (Å²) in [6, 6.07) is 6.85. The predicted octanol–water partition coefficient (Wildman–Crippen LogP) is 2.61. The number of nitrogens with zero attached hydrogens (tertiary/aromatic N) is 3. The Balaban J connectivity index is 1.43. The molecule has 2 aromatic rings. The van der Waals surface area contributed by atoms with Gasteiger partial charge in [0.1, 0.15) is 5.75 Å². The van der Waals surface area contributed by atoms with Crippen LogP contribution in [0.1, 0.15) is 12.8 Å². The van der Waals surface area contributed by atoms with Crippen molar-refractivity contribution in [2.45, 2.75) is 18.9 Å². The van der Waals surface area contributed by atoms with Crippen LogP contribution in [-0.2, 0) is 4.74 Å². The summed E-state index contributed by atoms with van der Waals surface area (Å²) in [5, 5.41) is 1.14. The molecule has 2 saturated heterocycles. The molecule has 0 aliphatic carbocycles. The van der Waals surface area contributed by atoms with Gasteiger partial charge in [-0.05, 0) is 25.0 Å². The van der Waals surface area contributed by atoms with E-state index in [1.165, 1.54) is 17.5 Å². The largest absolute Gasteiger partial charge is 0.497 e. The highest BCUT2D eigenvalue weighted by molar-refractivity contribution is 7.22. The molecule has 0 unspecified atom stereocenters. The SMILES string of the molecule is COc1ccc2sc(N3CCN(C4CCOCC4)CC3)nc2c1. The Bertz CT molecular complexity index is 661. The molecule has 5 nitrogen and oxygen atoms in total. The van der Waals surface area contributed by atoms with E-state index in [2.05, 4.69) is 15.9 Å². The van der Waals surface area contributed by atoms with Gasteiger partial charge in [0.25, 0.3) is 0 Å². The summed E-state index contributed by atoms with van der Waals surface area (Å²) >= 11 is 1.78. The van der Waals surface area contributed by atoms with Crippen molar-refractivity contribution >= 4 is 26.7 Å². The molecule has 0 bridgehead atoms. The van der Waals surface area contributed by atoms with Gasteiger partial charge in [-0.2, -0.15) is 0 Å². The lowest BCUT2D eigenvalue weighted by molar-refractivity contribution is 0.0321. The lowest BCUT2D eigenvalue weighted by Gasteiger charge is -2.40. The van der Waals surface area contributed by atoms with Gasteiger partial charge in [-0.1, -0.05) is 11.3 Å². The van der Waals surface area contributed by atoms with Crippen LogP contribution in [0.25, 0.3) is 10.2 Å². The molecule has 2 aliphatic heterocycles. The fourth-order valence-corrected chi connectivity index (χ4v) is 4.48. The van der Waals surface area contributed by atoms with Gasteiger partial charge in [0.05, 0.1) is 17.3 Å². The summed E-state index contributed by atoms with van der Waals surface area (Å²) in [4.78, 5) is 9.87. The maximum Gasteiger partial charge on any atom is 0.186 e. The number of rotatable bonds is 3. The van der Waals surface area contributed by atoms with Crippen LogP contribution in [0.15, 0.2) is 18.2 Å². The van der Waals surface area contributed by atoms with E-state index in [9.17, 15) is 0 Å². The molecule has 2 aliphatic rings. The quantitative estimate of drug-likeness (QED) is 0.863. The average Bonchev–Trinajstić information content (AvgIpc) is 3.05. The van der Waals surface area contributed by atoms with Gasteiger partial charge in [0.15, 0.2) is 5.13 Å². The average molecular weight is 333 g/mol. The van der Waals surface area contributed by atoms with Crippen LogP contribution in [0.4, 0.5) is 5.13 Å². The van der Waals surface area contributed by atoms with Crippen molar-refractivity contribution in [2.24, 2.45) is 0 Å². The van der Waals surface area contributed by atoms with Gasteiger partial charge in [-0.15, -0.1) is 0 Å². The molecule has 23 heavy (non-hydrogen) atoms. The fraction of sp³-hybridized carbons (Fsp3) is 0.588. The molecule has 0 spiro atoms. The van der Waals surface area contributed by atoms with Gasteiger partial charge in [0, 0.05) is 51.5 Å². The Morgan fingerprint density at radius 3 is 2.70 bits per heavy atom. The van der Waals surface area contributed by atoms with E-state index in [-0.39, 0.29) is 0 Å². The van der Waals surface area contributed by atoms with Gasteiger partial charge in [0.2, 0.25) is 0 Å². The summed E-state index contributed by atoms with van der Waals surface area (Å²) < 4.78 is 12.0. The second-order valence-electron chi connectivity index (χ2n) is 6.20. The molecule has 124 valence electrons. The number of aromatic nitrogens is 1. The van der Waals surface area contributed by atoms with Crippen LogP contribution in [0.5, 0.6) is 5.75 Å². The number of anilines is 1. The zero-order valence-electron chi connectivity index (χ0n) is 13.5. The zero-order valence-corrected chi connectivity index (χ0v) is 14.3. The number of hydrogen-bond donors (Lipinski definition) is 0. The highest BCUT2D eigenvalue weighted by Gasteiger charge is 2.26. The number of fused-ring (bicyclic) bond motifs is 1. The normalized spacial score (nSPS) is 21.0. The lowest BCUT2D eigenvalue weighted by atomic mass is 10.1. The molecule has 6 heteroatoms. The third kappa shape index (κ3) is 3.16. The van der Waals surface area contributed by atoms with E-state index in [1.807, 2.05) is 12.1 Å². The van der Waals surface area contributed by atoms with E-state index in [0.717, 1.165) is 55.8 Å². The molecule has 1 aromatic heterocycles. The summed E-state index contributed by atoms with van der Waals surface area (Å²) in [6.07, 6.45) is 2.36. The smallest absolute Gasteiger partial charge is 0.186 e. The van der Waals surface area contributed by atoms with Gasteiger partial charge < -0.3 is 14.4 Å². The number of methoxy groups -OCH3 is 1. The number of benzene rings is 1. The maximum absolute atomic E-state index is 5.48. The van der Waals surface area contributed by atoms with E-state index in [1.54, 1.807) is 18.4 Å². The third-order valence-electron chi connectivity index (χ3n) is 4.88. The van der Waals surface area contributed by atoms with E-state index < -0.39 is 0 Å². The third-order valence-corrected chi connectivity index (χ3v) is 5.97. The first-order valence-electron chi connectivity index (χ1n) is 8.35. The lowest BCUT2D eigenvalue weighted by Crippen LogP contribution is -2.51. The number of piperazine rings is 1. The maximum atomic E-state index is 5.48. The van der Waals surface area contributed by atoms with Gasteiger partial charge >= 0.3 is 0 Å². The van der Waals surface area contributed by atoms with Gasteiger partial charge in [-0.3, -0.25) is 4.90 Å². The number of thiazole rings is 1. The fourth-order valence-electron chi connectivity index (χ4n) is 3.49. The van der Waals surface area contributed by atoms with E-state index in [0.29, 0.717) is 6.04 Å². The first kappa shape index (κ1) is 15.2. The minimum absolute atomic E-state index is 0.713. The summed E-state index contributed by atoms with van der Waals surface area (Å²) in [7, 11) is 1.70. The highest BCUT2D eigenvalue weighted by atomic mass is 32.1. The highest BCUT2D eigenvalue weighted by Crippen LogP contribution is 2.32. The standard InChI is InChI=1S/C17H23N3O2S/c1-21-14-2-3-16-15(12-14)18-17(23-16)20-8-6-19(7-9-20)13-4-10-22-11-5-13/h2-3,12-13H,4-11H2,1H3. The van der Waals surface area contributed by atoms with Crippen LogP contribution >= 0.6 is 11.3 Å². The molecule has 3 heterocycles. The second-order valence-corrected chi connectivity index (χ2v) is 7.21. The summed E-state index contributed by atoms with van der Waals surface area (Å²) in [5.41, 5.74) is 1.04. The predicted molar refractivity (Wildman–Crippen MR) is 93.8 cm³/mol. The Kier molecular flexibility index (Phi) is 4.37. The van der Waals surface area contributed by atoms with Crippen molar-refractivity contribution in [2.75, 3.05) is 51.4 Å². The summed E-state index contributed by atoms with van der Waals surface area (Å²) in [6.45, 7) is 6.23. The van der Waals surface area contributed by atoms with Crippen LogP contribution in [-0.4, -0.2) is 62.4 Å². The van der Waals surface area contributed by atoms with Crippen LogP contribution in [0.3, 0.4) is 0 Å². The van der Waals surface area contributed by atoms with Crippen molar-refractivity contribution in [1.82, 2.24) is 9.88 Å². The number of ether oxygens (including phenoxy) is 2. The Morgan fingerprint density at radius 2 is 1.96 bits per heavy atom. The van der Waals surface area contributed by atoms with Crippen LogP contribution in [0.2, 0.25) is 0 Å². The molecule has 2 fully saturated rings. The molecular formula is C17H23N3O2S. The monoisotopic (exact) mass is 333 g/mol. The van der Waals surface area contributed by atoms with Crippen molar-refractivity contribution in [3.63, 3.8) is 0 Å². The first-order valence-corrected chi connectivity index (χ1v) is 9.16. The molecule has 0 radical (unpaired) electrons. The second kappa shape index (κ2) is 6.63. The van der Waals surface area contributed by atoms with Crippen molar-refractivity contribution in [3.05, 3.63) is 18.2 Å². The summed E-state index contributed by atoms with van der Waals surface area (Å²) in [5.74, 6) is 0.874. The van der Waals surface area contributed by atoms with E-state index in [4.69, 9.17) is 14.5 Å². The number of hydrogen-bond acceptors (Lipinski definition) is 6. The molecule has 4 rings (SSSR count). The molecule has 0 atom stereocenters. The first-order chi connectivity index (χ1) is 11.3. The Hall–Kier alpha value is -1.37. The molecular weight excluding hydrogens is 310 g/mol. The molecule has 1 aromatic carbocycles. The van der Waals surface area contributed by atoms with E-state index >= 15 is 0 Å². The van der Waals surface area contributed by atoms with Crippen LogP contribution < -0.4 is 9.64 Å². The topological polar surface area (TPSA) is 37.8 Å². The van der Waals surface area contributed by atoms with Crippen molar-refractivity contribution in [1.29, 1.82) is 0 Å². The Labute approximate surface area is 140 Å². The van der Waals surface area contributed by atoms with Gasteiger partial charge in [-0.25, -0.2) is 4.98 Å². The van der Waals surface area contributed by atoms with Crippen molar-refractivity contribution < 1.29 is 9.47 Å². The molecule has 0 N–H and O–H groups in total.